The molecule has 0 saturated heterocycles. The molecule has 0 unspecified atom stereocenters. The number of carbonyl (C=O) groups is 1. The highest BCUT2D eigenvalue weighted by Crippen LogP contribution is 2.19. The van der Waals surface area contributed by atoms with Gasteiger partial charge in [0.15, 0.2) is 0 Å². The first-order valence-electron chi connectivity index (χ1n) is 5.99. The molecule has 0 amide bonds. The second-order valence-electron chi connectivity index (χ2n) is 3.84. The van der Waals surface area contributed by atoms with E-state index in [1.807, 2.05) is 31.2 Å². The fraction of sp³-hybridized carbons (Fsp3) is 0.500. The summed E-state index contributed by atoms with van der Waals surface area (Å²) in [6.45, 7) is 3.00. The van der Waals surface area contributed by atoms with Crippen molar-refractivity contribution in [3.8, 4) is 5.75 Å². The van der Waals surface area contributed by atoms with E-state index in [1.165, 1.54) is 0 Å². The average molecular weight is 236 g/mol. The van der Waals surface area contributed by atoms with Crippen LogP contribution < -0.4 is 4.74 Å². The number of rotatable bonds is 8. The first-order valence-corrected chi connectivity index (χ1v) is 5.99. The van der Waals surface area contributed by atoms with E-state index in [1.54, 1.807) is 7.11 Å². The van der Waals surface area contributed by atoms with Crippen LogP contribution in [0.2, 0.25) is 0 Å². The molecule has 1 aromatic rings. The van der Waals surface area contributed by atoms with Crippen molar-refractivity contribution in [2.45, 2.75) is 26.2 Å². The van der Waals surface area contributed by atoms with Crippen LogP contribution in [0.25, 0.3) is 0 Å². The molecular formula is C14H20O3. The molecule has 0 atom stereocenters. The van der Waals surface area contributed by atoms with E-state index >= 15 is 0 Å². The molecule has 0 N–H and O–H groups in total. The minimum Gasteiger partial charge on any atom is -0.491 e. The smallest absolute Gasteiger partial charge is 0.132 e. The van der Waals surface area contributed by atoms with Crippen LogP contribution >= 0.6 is 0 Å². The molecule has 0 aliphatic rings. The van der Waals surface area contributed by atoms with Crippen LogP contribution in [-0.2, 0) is 16.0 Å². The summed E-state index contributed by atoms with van der Waals surface area (Å²) >= 11 is 0. The Morgan fingerprint density at radius 3 is 2.71 bits per heavy atom. The van der Waals surface area contributed by atoms with Gasteiger partial charge >= 0.3 is 0 Å². The molecule has 0 aromatic heterocycles. The first kappa shape index (κ1) is 13.7. The molecule has 0 aliphatic heterocycles. The maximum Gasteiger partial charge on any atom is 0.132 e. The Balaban J connectivity index is 2.54. The number of ketones is 1. The zero-order chi connectivity index (χ0) is 12.5. The Hall–Kier alpha value is -1.35. The fourth-order valence-corrected chi connectivity index (χ4v) is 1.54. The van der Waals surface area contributed by atoms with Gasteiger partial charge in [-0.3, -0.25) is 4.79 Å². The van der Waals surface area contributed by atoms with Gasteiger partial charge in [-0.25, -0.2) is 0 Å². The molecule has 3 nitrogen and oxygen atoms in total. The fourth-order valence-electron chi connectivity index (χ4n) is 1.54. The van der Waals surface area contributed by atoms with Crippen molar-refractivity contribution in [3.05, 3.63) is 29.8 Å². The number of aryl methyl sites for hydroxylation is 1. The van der Waals surface area contributed by atoms with Gasteiger partial charge in [-0.1, -0.05) is 25.1 Å². The molecular weight excluding hydrogens is 216 g/mol. The number of ether oxygens (including phenoxy) is 2. The molecule has 0 saturated carbocycles. The highest BCUT2D eigenvalue weighted by molar-refractivity contribution is 5.78. The van der Waals surface area contributed by atoms with E-state index in [0.29, 0.717) is 26.1 Å². The molecule has 0 radical (unpaired) electrons. The molecule has 1 aromatic carbocycles. The number of Topliss-reactive ketones (excluding diaryl/α,β-unsaturated/α-hetero) is 1. The van der Waals surface area contributed by atoms with Crippen molar-refractivity contribution in [2.24, 2.45) is 0 Å². The van der Waals surface area contributed by atoms with Crippen LogP contribution in [0.5, 0.6) is 5.75 Å². The van der Waals surface area contributed by atoms with Gasteiger partial charge in [-0.2, -0.15) is 0 Å². The molecule has 1 rings (SSSR count). The van der Waals surface area contributed by atoms with Crippen LogP contribution in [0.1, 0.15) is 25.3 Å². The zero-order valence-electron chi connectivity index (χ0n) is 10.6. The molecule has 17 heavy (non-hydrogen) atoms. The SMILES string of the molecule is CCC(=O)CCc1ccccc1OCCOC. The number of hydrogen-bond donors (Lipinski definition) is 0. The van der Waals surface area contributed by atoms with Gasteiger partial charge in [0.25, 0.3) is 0 Å². The Morgan fingerprint density at radius 1 is 1.24 bits per heavy atom. The lowest BCUT2D eigenvalue weighted by Gasteiger charge is -2.10. The van der Waals surface area contributed by atoms with Crippen LogP contribution in [0, 0.1) is 0 Å². The van der Waals surface area contributed by atoms with Gasteiger partial charge in [0, 0.05) is 20.0 Å². The van der Waals surface area contributed by atoms with Gasteiger partial charge in [0.1, 0.15) is 18.1 Å². The largest absolute Gasteiger partial charge is 0.491 e. The van der Waals surface area contributed by atoms with Gasteiger partial charge in [0.2, 0.25) is 0 Å². The lowest BCUT2D eigenvalue weighted by atomic mass is 10.1. The van der Waals surface area contributed by atoms with E-state index in [0.717, 1.165) is 17.7 Å². The van der Waals surface area contributed by atoms with Crippen molar-refractivity contribution in [3.63, 3.8) is 0 Å². The summed E-state index contributed by atoms with van der Waals surface area (Å²) in [5, 5.41) is 0. The number of carbonyl (C=O) groups excluding carboxylic acids is 1. The third-order valence-electron chi connectivity index (χ3n) is 2.59. The van der Waals surface area contributed by atoms with Gasteiger partial charge in [-0.05, 0) is 18.1 Å². The summed E-state index contributed by atoms with van der Waals surface area (Å²) in [7, 11) is 1.65. The number of methoxy groups -OCH3 is 1. The van der Waals surface area contributed by atoms with E-state index in [-0.39, 0.29) is 5.78 Å². The summed E-state index contributed by atoms with van der Waals surface area (Å²) in [5.74, 6) is 1.14. The quantitative estimate of drug-likeness (QED) is 0.651. The van der Waals surface area contributed by atoms with Crippen LogP contribution in [0.3, 0.4) is 0 Å². The average Bonchev–Trinajstić information content (AvgIpc) is 2.37. The lowest BCUT2D eigenvalue weighted by Crippen LogP contribution is -2.06. The molecule has 0 fully saturated rings. The maximum atomic E-state index is 11.3. The van der Waals surface area contributed by atoms with Crippen LogP contribution in [0.15, 0.2) is 24.3 Å². The van der Waals surface area contributed by atoms with E-state index in [2.05, 4.69) is 0 Å². The van der Waals surface area contributed by atoms with Gasteiger partial charge in [0.05, 0.1) is 6.61 Å². The predicted molar refractivity (Wildman–Crippen MR) is 67.4 cm³/mol. The first-order chi connectivity index (χ1) is 8.27. The highest BCUT2D eigenvalue weighted by atomic mass is 16.5. The summed E-state index contributed by atoms with van der Waals surface area (Å²) < 4.78 is 10.5. The normalized spacial score (nSPS) is 10.2. The molecule has 0 aliphatic carbocycles. The Kier molecular flexibility index (Phi) is 6.33. The second-order valence-corrected chi connectivity index (χ2v) is 3.84. The molecule has 0 spiro atoms. The maximum absolute atomic E-state index is 11.3. The lowest BCUT2D eigenvalue weighted by molar-refractivity contribution is -0.118. The number of hydrogen-bond acceptors (Lipinski definition) is 3. The summed E-state index contributed by atoms with van der Waals surface area (Å²) in [6, 6.07) is 7.84. The van der Waals surface area contributed by atoms with Crippen LogP contribution in [0.4, 0.5) is 0 Å². The standard InChI is InChI=1S/C14H20O3/c1-3-13(15)9-8-12-6-4-5-7-14(12)17-11-10-16-2/h4-7H,3,8-11H2,1-2H3. The third kappa shape index (κ3) is 5.00. The molecule has 0 heterocycles. The zero-order valence-corrected chi connectivity index (χ0v) is 10.6. The number of benzene rings is 1. The van der Waals surface area contributed by atoms with Crippen molar-refractivity contribution in [2.75, 3.05) is 20.3 Å². The van der Waals surface area contributed by atoms with Gasteiger partial charge < -0.3 is 9.47 Å². The Bertz CT molecular complexity index is 347. The summed E-state index contributed by atoms with van der Waals surface area (Å²) in [6.07, 6.45) is 1.93. The molecule has 3 heteroatoms. The number of para-hydroxylation sites is 1. The van der Waals surface area contributed by atoms with Crippen LogP contribution in [-0.4, -0.2) is 26.1 Å². The van der Waals surface area contributed by atoms with Crippen molar-refractivity contribution >= 4 is 5.78 Å². The predicted octanol–water partition coefficient (Wildman–Crippen LogP) is 2.62. The third-order valence-corrected chi connectivity index (χ3v) is 2.59. The van der Waals surface area contributed by atoms with Crippen molar-refractivity contribution in [1.82, 2.24) is 0 Å². The molecule has 0 bridgehead atoms. The summed E-state index contributed by atoms with van der Waals surface area (Å²) in [5.41, 5.74) is 1.09. The summed E-state index contributed by atoms with van der Waals surface area (Å²) in [4.78, 5) is 11.3. The van der Waals surface area contributed by atoms with Crippen molar-refractivity contribution < 1.29 is 14.3 Å². The van der Waals surface area contributed by atoms with Gasteiger partial charge in [-0.15, -0.1) is 0 Å². The van der Waals surface area contributed by atoms with Crippen molar-refractivity contribution in [1.29, 1.82) is 0 Å². The second kappa shape index (κ2) is 7.85. The Labute approximate surface area is 103 Å². The topological polar surface area (TPSA) is 35.5 Å². The Morgan fingerprint density at radius 2 is 2.00 bits per heavy atom. The monoisotopic (exact) mass is 236 g/mol. The van der Waals surface area contributed by atoms with E-state index in [4.69, 9.17) is 9.47 Å². The highest BCUT2D eigenvalue weighted by Gasteiger charge is 2.05. The minimum absolute atomic E-state index is 0.289. The molecule has 94 valence electrons. The van der Waals surface area contributed by atoms with E-state index in [9.17, 15) is 4.79 Å². The minimum atomic E-state index is 0.289. The van der Waals surface area contributed by atoms with E-state index < -0.39 is 0 Å².